The third-order valence-electron chi connectivity index (χ3n) is 3.59. The first-order chi connectivity index (χ1) is 10.8. The van der Waals surface area contributed by atoms with Crippen LogP contribution in [0.4, 0.5) is 0 Å². The van der Waals surface area contributed by atoms with Gasteiger partial charge in [0.05, 0.1) is 13.2 Å². The van der Waals surface area contributed by atoms with Gasteiger partial charge in [-0.2, -0.15) is 0 Å². The highest BCUT2D eigenvalue weighted by atomic mass is 16.6. The predicted molar refractivity (Wildman–Crippen MR) is 81.0 cm³/mol. The summed E-state index contributed by atoms with van der Waals surface area (Å²) in [7, 11) is 0. The average Bonchev–Trinajstić information content (AvgIpc) is 2.62. The molecule has 0 aliphatic carbocycles. The first-order valence-corrected chi connectivity index (χ1v) is 7.19. The SMILES string of the molecule is O=C(c1ccccc1)C1OCCOC1C(=O)c1ccccc1. The molecular formula is C18H16O4. The Labute approximate surface area is 128 Å². The van der Waals surface area contributed by atoms with Crippen molar-refractivity contribution in [1.82, 2.24) is 0 Å². The standard InChI is InChI=1S/C18H16O4/c19-15(13-7-3-1-4-8-13)17-18(22-12-11-21-17)16(20)14-9-5-2-6-10-14/h1-10,17-18H,11-12H2. The van der Waals surface area contributed by atoms with Crippen LogP contribution < -0.4 is 0 Å². The predicted octanol–water partition coefficient (Wildman–Crippen LogP) is 2.54. The van der Waals surface area contributed by atoms with E-state index in [2.05, 4.69) is 0 Å². The molecule has 1 saturated heterocycles. The lowest BCUT2D eigenvalue weighted by Crippen LogP contribution is -2.48. The van der Waals surface area contributed by atoms with Crippen LogP contribution in [0, 0.1) is 0 Å². The number of carbonyl (C=O) groups is 2. The second kappa shape index (κ2) is 6.64. The second-order valence-electron chi connectivity index (χ2n) is 5.04. The summed E-state index contributed by atoms with van der Waals surface area (Å²) in [5, 5.41) is 0. The lowest BCUT2D eigenvalue weighted by Gasteiger charge is -2.30. The summed E-state index contributed by atoms with van der Waals surface area (Å²) in [4.78, 5) is 25.2. The van der Waals surface area contributed by atoms with Crippen LogP contribution >= 0.6 is 0 Å². The topological polar surface area (TPSA) is 52.6 Å². The number of ether oxygens (including phenoxy) is 2. The number of hydrogen-bond acceptors (Lipinski definition) is 4. The van der Waals surface area contributed by atoms with Crippen LogP contribution in [0.3, 0.4) is 0 Å². The van der Waals surface area contributed by atoms with E-state index in [-0.39, 0.29) is 11.6 Å². The normalized spacial score (nSPS) is 21.3. The van der Waals surface area contributed by atoms with Crippen molar-refractivity contribution in [2.45, 2.75) is 12.2 Å². The molecule has 4 nitrogen and oxygen atoms in total. The fraction of sp³-hybridized carbons (Fsp3) is 0.222. The van der Waals surface area contributed by atoms with E-state index in [1.807, 2.05) is 12.1 Å². The van der Waals surface area contributed by atoms with Gasteiger partial charge in [0, 0.05) is 11.1 Å². The summed E-state index contributed by atoms with van der Waals surface area (Å²) in [6.07, 6.45) is -1.80. The van der Waals surface area contributed by atoms with Gasteiger partial charge in [-0.1, -0.05) is 60.7 Å². The number of hydrogen-bond donors (Lipinski definition) is 0. The summed E-state index contributed by atoms with van der Waals surface area (Å²) in [5.41, 5.74) is 1.03. The third kappa shape index (κ3) is 2.98. The molecule has 0 aromatic heterocycles. The maximum atomic E-state index is 12.6. The molecule has 3 rings (SSSR count). The van der Waals surface area contributed by atoms with Crippen molar-refractivity contribution in [1.29, 1.82) is 0 Å². The van der Waals surface area contributed by atoms with Crippen LogP contribution in [-0.2, 0) is 9.47 Å². The number of carbonyl (C=O) groups excluding carboxylic acids is 2. The summed E-state index contributed by atoms with van der Waals surface area (Å²) in [6.45, 7) is 0.615. The van der Waals surface area contributed by atoms with Crippen molar-refractivity contribution in [3.8, 4) is 0 Å². The molecule has 2 unspecified atom stereocenters. The van der Waals surface area contributed by atoms with Gasteiger partial charge in [-0.25, -0.2) is 0 Å². The molecule has 0 radical (unpaired) electrons. The number of ketones is 2. The summed E-state index contributed by atoms with van der Waals surface area (Å²) >= 11 is 0. The fourth-order valence-electron chi connectivity index (χ4n) is 2.48. The summed E-state index contributed by atoms with van der Waals surface area (Å²) in [5.74, 6) is -0.454. The molecule has 22 heavy (non-hydrogen) atoms. The van der Waals surface area contributed by atoms with Crippen LogP contribution in [-0.4, -0.2) is 37.0 Å². The molecule has 0 N–H and O–H groups in total. The second-order valence-corrected chi connectivity index (χ2v) is 5.04. The van der Waals surface area contributed by atoms with Crippen LogP contribution in [0.1, 0.15) is 20.7 Å². The zero-order valence-corrected chi connectivity index (χ0v) is 12.0. The van der Waals surface area contributed by atoms with E-state index < -0.39 is 12.2 Å². The highest BCUT2D eigenvalue weighted by molar-refractivity contribution is 6.07. The molecule has 2 aromatic carbocycles. The fourth-order valence-corrected chi connectivity index (χ4v) is 2.48. The van der Waals surface area contributed by atoms with Crippen molar-refractivity contribution >= 4 is 11.6 Å². The lowest BCUT2D eigenvalue weighted by molar-refractivity contribution is -0.105. The Morgan fingerprint density at radius 2 is 1.05 bits per heavy atom. The highest BCUT2D eigenvalue weighted by Gasteiger charge is 2.38. The van der Waals surface area contributed by atoms with Crippen molar-refractivity contribution in [2.24, 2.45) is 0 Å². The zero-order valence-electron chi connectivity index (χ0n) is 12.0. The van der Waals surface area contributed by atoms with E-state index in [0.717, 1.165) is 0 Å². The number of Topliss-reactive ketones (excluding diaryl/α,β-unsaturated/α-hetero) is 2. The number of rotatable bonds is 4. The maximum Gasteiger partial charge on any atom is 0.194 e. The van der Waals surface area contributed by atoms with E-state index in [9.17, 15) is 9.59 Å². The van der Waals surface area contributed by atoms with Crippen LogP contribution in [0.5, 0.6) is 0 Å². The molecule has 2 atom stereocenters. The van der Waals surface area contributed by atoms with Crippen molar-refractivity contribution in [3.05, 3.63) is 71.8 Å². The maximum absolute atomic E-state index is 12.6. The molecule has 1 heterocycles. The molecule has 1 fully saturated rings. The van der Waals surface area contributed by atoms with Crippen LogP contribution in [0.15, 0.2) is 60.7 Å². The van der Waals surface area contributed by atoms with Crippen LogP contribution in [0.2, 0.25) is 0 Å². The lowest BCUT2D eigenvalue weighted by atomic mass is 9.95. The smallest absolute Gasteiger partial charge is 0.194 e. The Hall–Kier alpha value is -2.30. The van der Waals surface area contributed by atoms with Crippen molar-refractivity contribution in [3.63, 3.8) is 0 Å². The average molecular weight is 296 g/mol. The Bertz CT molecular complexity index is 592. The molecule has 0 amide bonds. The molecule has 1 aliphatic heterocycles. The Morgan fingerprint density at radius 3 is 1.41 bits per heavy atom. The van der Waals surface area contributed by atoms with Gasteiger partial charge in [-0.3, -0.25) is 9.59 Å². The Kier molecular flexibility index (Phi) is 4.42. The monoisotopic (exact) mass is 296 g/mol. The molecular weight excluding hydrogens is 280 g/mol. The first kappa shape index (κ1) is 14.6. The Balaban J connectivity index is 1.86. The molecule has 0 saturated carbocycles. The molecule has 1 aliphatic rings. The van der Waals surface area contributed by atoms with E-state index in [1.165, 1.54) is 0 Å². The van der Waals surface area contributed by atoms with Gasteiger partial charge in [0.2, 0.25) is 0 Å². The largest absolute Gasteiger partial charge is 0.364 e. The summed E-state index contributed by atoms with van der Waals surface area (Å²) in [6, 6.07) is 17.7. The molecule has 4 heteroatoms. The van der Waals surface area contributed by atoms with Crippen molar-refractivity contribution < 1.29 is 19.1 Å². The van der Waals surface area contributed by atoms with Crippen LogP contribution in [0.25, 0.3) is 0 Å². The van der Waals surface area contributed by atoms with Gasteiger partial charge in [-0.05, 0) is 0 Å². The quantitative estimate of drug-likeness (QED) is 0.814. The van der Waals surface area contributed by atoms with E-state index in [1.54, 1.807) is 48.5 Å². The molecule has 112 valence electrons. The zero-order chi connectivity index (χ0) is 15.4. The third-order valence-corrected chi connectivity index (χ3v) is 3.59. The van der Waals surface area contributed by atoms with Gasteiger partial charge in [0.1, 0.15) is 0 Å². The van der Waals surface area contributed by atoms with Gasteiger partial charge >= 0.3 is 0 Å². The van der Waals surface area contributed by atoms with Gasteiger partial charge < -0.3 is 9.47 Å². The number of benzene rings is 2. The minimum Gasteiger partial charge on any atom is -0.364 e. The first-order valence-electron chi connectivity index (χ1n) is 7.19. The van der Waals surface area contributed by atoms with Crippen molar-refractivity contribution in [2.75, 3.05) is 13.2 Å². The Morgan fingerprint density at radius 1 is 0.682 bits per heavy atom. The van der Waals surface area contributed by atoms with E-state index >= 15 is 0 Å². The van der Waals surface area contributed by atoms with Gasteiger partial charge in [0.25, 0.3) is 0 Å². The van der Waals surface area contributed by atoms with Gasteiger partial charge in [0.15, 0.2) is 23.8 Å². The highest BCUT2D eigenvalue weighted by Crippen LogP contribution is 2.19. The minimum atomic E-state index is -0.899. The van der Waals surface area contributed by atoms with Gasteiger partial charge in [-0.15, -0.1) is 0 Å². The van der Waals surface area contributed by atoms with E-state index in [0.29, 0.717) is 24.3 Å². The molecule has 2 aromatic rings. The van der Waals surface area contributed by atoms with E-state index in [4.69, 9.17) is 9.47 Å². The summed E-state index contributed by atoms with van der Waals surface area (Å²) < 4.78 is 11.1. The molecule has 0 bridgehead atoms. The minimum absolute atomic E-state index is 0.227. The molecule has 0 spiro atoms.